The van der Waals surface area contributed by atoms with Gasteiger partial charge in [-0.1, -0.05) is 35.9 Å². The minimum absolute atomic E-state index is 0.136. The van der Waals surface area contributed by atoms with Crippen LogP contribution < -0.4 is 10.6 Å². The first kappa shape index (κ1) is 16.9. The fourth-order valence-electron chi connectivity index (χ4n) is 2.50. The van der Waals surface area contributed by atoms with Gasteiger partial charge in [0.15, 0.2) is 0 Å². The number of rotatable bonds is 4. The molecule has 24 heavy (non-hydrogen) atoms. The van der Waals surface area contributed by atoms with E-state index in [9.17, 15) is 9.59 Å². The van der Waals surface area contributed by atoms with Gasteiger partial charge in [0, 0.05) is 22.9 Å². The average molecular weight is 361 g/mol. The molecule has 1 atom stereocenters. The van der Waals surface area contributed by atoms with E-state index in [0.29, 0.717) is 17.3 Å². The summed E-state index contributed by atoms with van der Waals surface area (Å²) in [5, 5.41) is 5.84. The van der Waals surface area contributed by atoms with Crippen molar-refractivity contribution in [3.05, 3.63) is 58.6 Å². The molecule has 1 heterocycles. The summed E-state index contributed by atoms with van der Waals surface area (Å²) in [6.45, 7) is 2.48. The van der Waals surface area contributed by atoms with Gasteiger partial charge < -0.3 is 10.6 Å². The zero-order chi connectivity index (χ0) is 17.1. The van der Waals surface area contributed by atoms with Crippen molar-refractivity contribution in [2.45, 2.75) is 30.0 Å². The summed E-state index contributed by atoms with van der Waals surface area (Å²) >= 11 is 7.33. The second kappa shape index (κ2) is 7.28. The van der Waals surface area contributed by atoms with Gasteiger partial charge in [0.2, 0.25) is 11.8 Å². The van der Waals surface area contributed by atoms with E-state index >= 15 is 0 Å². The molecule has 2 aromatic rings. The number of fused-ring (bicyclic) bond motifs is 1. The Labute approximate surface area is 150 Å². The minimum atomic E-state index is -0.435. The summed E-state index contributed by atoms with van der Waals surface area (Å²) in [5.41, 5.74) is 2.91. The summed E-state index contributed by atoms with van der Waals surface area (Å²) in [4.78, 5) is 25.3. The van der Waals surface area contributed by atoms with Crippen LogP contribution in [0.2, 0.25) is 5.02 Å². The fraction of sp³-hybridized carbons (Fsp3) is 0.222. The molecule has 2 aromatic carbocycles. The number of carbonyl (C=O) groups is 2. The number of thioether (sulfide) groups is 1. The monoisotopic (exact) mass is 360 g/mol. The largest absolute Gasteiger partial charge is 0.352 e. The molecule has 0 saturated heterocycles. The van der Waals surface area contributed by atoms with Crippen molar-refractivity contribution in [3.8, 4) is 0 Å². The zero-order valence-corrected chi connectivity index (χ0v) is 14.7. The Kier molecular flexibility index (Phi) is 5.11. The predicted molar refractivity (Wildman–Crippen MR) is 97.4 cm³/mol. The Balaban J connectivity index is 1.59. The van der Waals surface area contributed by atoms with Crippen molar-refractivity contribution >= 4 is 40.9 Å². The molecule has 2 amide bonds. The van der Waals surface area contributed by atoms with Gasteiger partial charge in [0.25, 0.3) is 0 Å². The maximum absolute atomic E-state index is 12.2. The van der Waals surface area contributed by atoms with Crippen LogP contribution in [-0.4, -0.2) is 17.1 Å². The van der Waals surface area contributed by atoms with E-state index in [1.165, 1.54) is 11.8 Å². The maximum Gasteiger partial charge on any atom is 0.238 e. The number of carbonyl (C=O) groups excluding carboxylic acids is 2. The highest BCUT2D eigenvalue weighted by Crippen LogP contribution is 2.38. The third kappa shape index (κ3) is 3.91. The number of anilines is 1. The first-order valence-corrected chi connectivity index (χ1v) is 8.87. The Morgan fingerprint density at radius 2 is 2.08 bits per heavy atom. The summed E-state index contributed by atoms with van der Waals surface area (Å²) in [5.74, 6) is -0.302. The number of hydrogen-bond donors (Lipinski definition) is 2. The lowest BCUT2D eigenvalue weighted by Gasteiger charge is -2.23. The lowest BCUT2D eigenvalue weighted by molar-refractivity contribution is -0.124. The highest BCUT2D eigenvalue weighted by Gasteiger charge is 2.29. The minimum Gasteiger partial charge on any atom is -0.352 e. The molecular formula is C18H17ClN2O2S. The number of halogens is 1. The normalized spacial score (nSPS) is 16.2. The molecule has 1 aliphatic rings. The predicted octanol–water partition coefficient (Wildman–Crippen LogP) is 3.77. The van der Waals surface area contributed by atoms with Crippen molar-refractivity contribution in [1.82, 2.24) is 5.32 Å². The molecule has 0 spiro atoms. The van der Waals surface area contributed by atoms with Gasteiger partial charge in [-0.2, -0.15) is 0 Å². The quantitative estimate of drug-likeness (QED) is 0.872. The van der Waals surface area contributed by atoms with E-state index in [1.54, 1.807) is 12.1 Å². The van der Waals surface area contributed by atoms with Crippen molar-refractivity contribution in [1.29, 1.82) is 0 Å². The van der Waals surface area contributed by atoms with Gasteiger partial charge in [-0.05, 0) is 36.2 Å². The van der Waals surface area contributed by atoms with Crippen molar-refractivity contribution in [2.24, 2.45) is 0 Å². The molecule has 0 aliphatic carbocycles. The zero-order valence-electron chi connectivity index (χ0n) is 13.1. The molecule has 0 saturated carbocycles. The molecule has 1 unspecified atom stereocenters. The van der Waals surface area contributed by atoms with Crippen molar-refractivity contribution in [3.63, 3.8) is 0 Å². The Hall–Kier alpha value is -1.98. The van der Waals surface area contributed by atoms with E-state index in [4.69, 9.17) is 11.6 Å². The van der Waals surface area contributed by atoms with Crippen molar-refractivity contribution in [2.75, 3.05) is 5.32 Å². The van der Waals surface area contributed by atoms with E-state index < -0.39 is 5.25 Å². The molecule has 3 rings (SSSR count). The van der Waals surface area contributed by atoms with Crippen LogP contribution in [0.15, 0.2) is 47.4 Å². The standard InChI is InChI=1S/C18H17ClN2O2S/c1-11-4-2-3-5-12(11)10-20-17(22)9-16-18(23)21-14-8-13(19)6-7-15(14)24-16/h2-8,16H,9-10H2,1H3,(H,20,22)(H,21,23). The van der Waals surface area contributed by atoms with Gasteiger partial charge >= 0.3 is 0 Å². The third-order valence-electron chi connectivity index (χ3n) is 3.87. The van der Waals surface area contributed by atoms with Gasteiger partial charge in [-0.3, -0.25) is 9.59 Å². The van der Waals surface area contributed by atoms with Crippen LogP contribution in [0.1, 0.15) is 17.5 Å². The summed E-state index contributed by atoms with van der Waals surface area (Å²) in [7, 11) is 0. The molecule has 0 fully saturated rings. The van der Waals surface area contributed by atoms with Crippen LogP contribution in [0.25, 0.3) is 0 Å². The third-order valence-corrected chi connectivity index (χ3v) is 5.38. The van der Waals surface area contributed by atoms with Crippen LogP contribution in [0.3, 0.4) is 0 Å². The number of amides is 2. The average Bonchev–Trinajstić information content (AvgIpc) is 2.55. The summed E-state index contributed by atoms with van der Waals surface area (Å²) in [6.07, 6.45) is 0.143. The Morgan fingerprint density at radius 3 is 2.88 bits per heavy atom. The highest BCUT2D eigenvalue weighted by atomic mass is 35.5. The topological polar surface area (TPSA) is 58.2 Å². The SMILES string of the molecule is Cc1ccccc1CNC(=O)CC1Sc2ccc(Cl)cc2NC1=O. The lowest BCUT2D eigenvalue weighted by atomic mass is 10.1. The van der Waals surface area contributed by atoms with Gasteiger partial charge in [0.05, 0.1) is 10.9 Å². The van der Waals surface area contributed by atoms with E-state index in [0.717, 1.165) is 16.0 Å². The molecule has 124 valence electrons. The van der Waals surface area contributed by atoms with Gasteiger partial charge in [-0.15, -0.1) is 11.8 Å². The number of hydrogen-bond acceptors (Lipinski definition) is 3. The molecule has 2 N–H and O–H groups in total. The van der Waals surface area contributed by atoms with E-state index in [1.807, 2.05) is 37.3 Å². The van der Waals surface area contributed by atoms with Crippen LogP contribution >= 0.6 is 23.4 Å². The highest BCUT2D eigenvalue weighted by molar-refractivity contribution is 8.01. The second-order valence-corrected chi connectivity index (χ2v) is 7.32. The lowest BCUT2D eigenvalue weighted by Crippen LogP contribution is -2.34. The Morgan fingerprint density at radius 1 is 1.29 bits per heavy atom. The molecule has 0 bridgehead atoms. The van der Waals surface area contributed by atoms with Crippen molar-refractivity contribution < 1.29 is 9.59 Å². The van der Waals surface area contributed by atoms with Gasteiger partial charge in [0.1, 0.15) is 0 Å². The number of nitrogens with one attached hydrogen (secondary N) is 2. The first-order valence-electron chi connectivity index (χ1n) is 7.61. The van der Waals surface area contributed by atoms with Crippen LogP contribution in [-0.2, 0) is 16.1 Å². The summed E-state index contributed by atoms with van der Waals surface area (Å²) in [6, 6.07) is 13.3. The first-order chi connectivity index (χ1) is 11.5. The van der Waals surface area contributed by atoms with Crippen LogP contribution in [0, 0.1) is 6.92 Å². The Bertz CT molecular complexity index is 794. The van der Waals surface area contributed by atoms with E-state index in [-0.39, 0.29) is 18.2 Å². The maximum atomic E-state index is 12.2. The molecular weight excluding hydrogens is 344 g/mol. The number of benzene rings is 2. The molecule has 4 nitrogen and oxygen atoms in total. The molecule has 0 radical (unpaired) electrons. The second-order valence-electron chi connectivity index (χ2n) is 5.64. The molecule has 0 aromatic heterocycles. The smallest absolute Gasteiger partial charge is 0.238 e. The van der Waals surface area contributed by atoms with Gasteiger partial charge in [-0.25, -0.2) is 0 Å². The van der Waals surface area contributed by atoms with Crippen LogP contribution in [0.5, 0.6) is 0 Å². The van der Waals surface area contributed by atoms with Crippen LogP contribution in [0.4, 0.5) is 5.69 Å². The summed E-state index contributed by atoms with van der Waals surface area (Å²) < 4.78 is 0. The van der Waals surface area contributed by atoms with E-state index in [2.05, 4.69) is 10.6 Å². The molecule has 6 heteroatoms. The number of aryl methyl sites for hydroxylation is 1. The fourth-order valence-corrected chi connectivity index (χ4v) is 3.76. The molecule has 1 aliphatic heterocycles.